The molecule has 1 amide bonds. The highest BCUT2D eigenvalue weighted by Gasteiger charge is 2.04. The lowest BCUT2D eigenvalue weighted by Gasteiger charge is -2.03. The summed E-state index contributed by atoms with van der Waals surface area (Å²) in [6.45, 7) is 0.859. The van der Waals surface area contributed by atoms with Gasteiger partial charge in [0.1, 0.15) is 19.3 Å². The van der Waals surface area contributed by atoms with Crippen LogP contribution < -0.4 is 5.32 Å². The number of thiophene rings is 1. The van der Waals surface area contributed by atoms with E-state index in [-0.39, 0.29) is 12.5 Å². The number of nitrogens with zero attached hydrogens (tertiary/aromatic N) is 3. The van der Waals surface area contributed by atoms with Gasteiger partial charge in [0.2, 0.25) is 5.91 Å². The fourth-order valence-corrected chi connectivity index (χ4v) is 2.33. The molecule has 0 spiro atoms. The van der Waals surface area contributed by atoms with Gasteiger partial charge in [-0.1, -0.05) is 11.8 Å². The summed E-state index contributed by atoms with van der Waals surface area (Å²) in [6, 6.07) is 3.80. The third kappa shape index (κ3) is 4.50. The Morgan fingerprint density at radius 2 is 2.40 bits per heavy atom. The van der Waals surface area contributed by atoms with Crippen LogP contribution in [0.1, 0.15) is 16.2 Å². The van der Waals surface area contributed by atoms with E-state index in [0.29, 0.717) is 19.5 Å². The van der Waals surface area contributed by atoms with E-state index in [1.54, 1.807) is 11.0 Å². The molecule has 0 saturated heterocycles. The van der Waals surface area contributed by atoms with E-state index in [9.17, 15) is 4.79 Å². The summed E-state index contributed by atoms with van der Waals surface area (Å²) in [5, 5.41) is 15.4. The van der Waals surface area contributed by atoms with Crippen molar-refractivity contribution in [1.29, 1.82) is 0 Å². The Hall–Kier alpha value is -2.17. The molecule has 0 aliphatic heterocycles. The van der Waals surface area contributed by atoms with Gasteiger partial charge in [0.15, 0.2) is 0 Å². The minimum atomic E-state index is -0.147. The quantitative estimate of drug-likeness (QED) is 0.781. The number of aromatic nitrogens is 3. The fraction of sp³-hybridized carbons (Fsp3) is 0.308. The highest BCUT2D eigenvalue weighted by Crippen LogP contribution is 2.14. The molecule has 2 heterocycles. The fourth-order valence-electron chi connectivity index (χ4n) is 1.51. The van der Waals surface area contributed by atoms with Gasteiger partial charge in [0.25, 0.3) is 0 Å². The van der Waals surface area contributed by atoms with Crippen molar-refractivity contribution in [1.82, 2.24) is 20.1 Å². The molecular formula is C13H14N4O2S. The van der Waals surface area contributed by atoms with Gasteiger partial charge in [-0.05, 0) is 12.1 Å². The summed E-state index contributed by atoms with van der Waals surface area (Å²) in [4.78, 5) is 17.4. The van der Waals surface area contributed by atoms with Gasteiger partial charge in [-0.25, -0.2) is 4.98 Å². The molecule has 2 rings (SSSR count). The molecule has 20 heavy (non-hydrogen) atoms. The van der Waals surface area contributed by atoms with E-state index >= 15 is 0 Å². The van der Waals surface area contributed by atoms with Crippen LogP contribution in [-0.4, -0.2) is 32.4 Å². The summed E-state index contributed by atoms with van der Waals surface area (Å²) >= 11 is 1.50. The lowest BCUT2D eigenvalue weighted by molar-refractivity contribution is -0.121. The summed E-state index contributed by atoms with van der Waals surface area (Å²) in [6.07, 6.45) is 3.39. The zero-order valence-corrected chi connectivity index (χ0v) is 11.6. The van der Waals surface area contributed by atoms with Gasteiger partial charge in [0.05, 0.1) is 18.0 Å². The lowest BCUT2D eigenvalue weighted by Crippen LogP contribution is -2.23. The third-order valence-corrected chi connectivity index (χ3v) is 3.45. The van der Waals surface area contributed by atoms with Crippen LogP contribution in [-0.2, 0) is 17.9 Å². The second-order valence-corrected chi connectivity index (χ2v) is 5.08. The van der Waals surface area contributed by atoms with Crippen LogP contribution in [0.3, 0.4) is 0 Å². The molecule has 0 saturated carbocycles. The maximum absolute atomic E-state index is 11.7. The van der Waals surface area contributed by atoms with Crippen LogP contribution in [0, 0.1) is 11.8 Å². The molecule has 2 aromatic rings. The van der Waals surface area contributed by atoms with Crippen molar-refractivity contribution >= 4 is 17.2 Å². The van der Waals surface area contributed by atoms with E-state index in [0.717, 1.165) is 9.75 Å². The number of carbonyl (C=O) groups is 1. The number of carbonyl (C=O) groups excluding carboxylic acids is 1. The van der Waals surface area contributed by atoms with Crippen molar-refractivity contribution in [3.05, 3.63) is 34.5 Å². The number of aliphatic hydroxyl groups is 1. The topological polar surface area (TPSA) is 80.0 Å². The van der Waals surface area contributed by atoms with Crippen LogP contribution >= 0.6 is 11.3 Å². The summed E-state index contributed by atoms with van der Waals surface area (Å²) in [5.41, 5.74) is 0. The smallest absolute Gasteiger partial charge is 0.222 e. The van der Waals surface area contributed by atoms with Gasteiger partial charge < -0.3 is 10.4 Å². The molecule has 7 heteroatoms. The predicted octanol–water partition coefficient (Wildman–Crippen LogP) is 0.390. The van der Waals surface area contributed by atoms with E-state index < -0.39 is 0 Å². The summed E-state index contributed by atoms with van der Waals surface area (Å²) in [7, 11) is 0. The number of aryl methyl sites for hydroxylation is 1. The first kappa shape index (κ1) is 14.2. The van der Waals surface area contributed by atoms with Crippen molar-refractivity contribution in [3.8, 4) is 11.8 Å². The maximum Gasteiger partial charge on any atom is 0.222 e. The molecule has 0 atom stereocenters. The molecule has 6 nitrogen and oxygen atoms in total. The Labute approximate surface area is 120 Å². The van der Waals surface area contributed by atoms with Crippen molar-refractivity contribution in [2.24, 2.45) is 0 Å². The van der Waals surface area contributed by atoms with Gasteiger partial charge in [0, 0.05) is 11.3 Å². The van der Waals surface area contributed by atoms with Gasteiger partial charge in [-0.15, -0.1) is 11.3 Å². The number of aliphatic hydroxyl groups excluding tert-OH is 1. The van der Waals surface area contributed by atoms with E-state index in [1.807, 2.05) is 12.1 Å². The highest BCUT2D eigenvalue weighted by atomic mass is 32.1. The second-order valence-electron chi connectivity index (χ2n) is 3.91. The van der Waals surface area contributed by atoms with Crippen LogP contribution in [0.15, 0.2) is 24.8 Å². The summed E-state index contributed by atoms with van der Waals surface area (Å²) < 4.78 is 1.62. The Kier molecular flexibility index (Phi) is 5.29. The first-order valence-corrected chi connectivity index (χ1v) is 6.87. The molecule has 0 unspecified atom stereocenters. The van der Waals surface area contributed by atoms with Crippen molar-refractivity contribution in [3.63, 3.8) is 0 Å². The minimum Gasteiger partial charge on any atom is -0.384 e. The second kappa shape index (κ2) is 7.43. The average Bonchev–Trinajstić information content (AvgIpc) is 3.12. The highest BCUT2D eigenvalue weighted by molar-refractivity contribution is 7.12. The molecule has 0 aliphatic carbocycles. The lowest BCUT2D eigenvalue weighted by atomic mass is 10.3. The number of hydrogen-bond donors (Lipinski definition) is 2. The number of amides is 1. The maximum atomic E-state index is 11.7. The zero-order chi connectivity index (χ0) is 14.2. The zero-order valence-electron chi connectivity index (χ0n) is 10.7. The van der Waals surface area contributed by atoms with Crippen molar-refractivity contribution in [2.45, 2.75) is 19.5 Å². The molecule has 0 aliphatic rings. The predicted molar refractivity (Wildman–Crippen MR) is 74.8 cm³/mol. The van der Waals surface area contributed by atoms with Crippen LogP contribution in [0.4, 0.5) is 0 Å². The Bertz CT molecular complexity index is 610. The molecule has 0 bridgehead atoms. The molecule has 104 valence electrons. The standard InChI is InChI=1S/C13H14N4O2S/c18-7-1-2-11-3-4-12(20-11)8-15-13(19)5-6-17-10-14-9-16-17/h3-4,9-10,18H,5-8H2,(H,15,19). The van der Waals surface area contributed by atoms with Crippen LogP contribution in [0.2, 0.25) is 0 Å². The normalized spacial score (nSPS) is 9.85. The molecule has 0 radical (unpaired) electrons. The van der Waals surface area contributed by atoms with Gasteiger partial charge in [-0.3, -0.25) is 9.48 Å². The van der Waals surface area contributed by atoms with Gasteiger partial charge in [-0.2, -0.15) is 5.10 Å². The SMILES string of the molecule is O=C(CCn1cncn1)NCc1ccc(C#CCO)s1. The third-order valence-electron chi connectivity index (χ3n) is 2.45. The number of nitrogens with one attached hydrogen (secondary N) is 1. The van der Waals surface area contributed by atoms with E-state index in [4.69, 9.17) is 5.11 Å². The first-order valence-electron chi connectivity index (χ1n) is 6.05. The Balaban J connectivity index is 1.74. The number of hydrogen-bond acceptors (Lipinski definition) is 5. The molecule has 0 aromatic carbocycles. The monoisotopic (exact) mass is 290 g/mol. The van der Waals surface area contributed by atoms with E-state index in [1.165, 1.54) is 17.7 Å². The van der Waals surface area contributed by atoms with Crippen molar-refractivity contribution < 1.29 is 9.90 Å². The molecule has 2 aromatic heterocycles. The van der Waals surface area contributed by atoms with Gasteiger partial charge >= 0.3 is 0 Å². The first-order chi connectivity index (χ1) is 9.78. The number of rotatable bonds is 5. The largest absolute Gasteiger partial charge is 0.384 e. The Morgan fingerprint density at radius 1 is 1.50 bits per heavy atom. The Morgan fingerprint density at radius 3 is 3.15 bits per heavy atom. The minimum absolute atomic E-state index is 0.0307. The van der Waals surface area contributed by atoms with Crippen molar-refractivity contribution in [2.75, 3.05) is 6.61 Å². The molecule has 2 N–H and O–H groups in total. The molecular weight excluding hydrogens is 276 g/mol. The van der Waals surface area contributed by atoms with E-state index in [2.05, 4.69) is 27.2 Å². The molecule has 0 fully saturated rings. The van der Waals surface area contributed by atoms with Crippen LogP contribution in [0.25, 0.3) is 0 Å². The van der Waals surface area contributed by atoms with Crippen LogP contribution in [0.5, 0.6) is 0 Å². The average molecular weight is 290 g/mol. The summed E-state index contributed by atoms with van der Waals surface area (Å²) in [5.74, 6) is 5.39.